The summed E-state index contributed by atoms with van der Waals surface area (Å²) in [6.45, 7) is 6.19. The van der Waals surface area contributed by atoms with Crippen LogP contribution in [0.25, 0.3) is 0 Å². The minimum absolute atomic E-state index is 0.260. The van der Waals surface area contributed by atoms with Gasteiger partial charge in [-0.15, -0.1) is 0 Å². The number of rotatable bonds is 5. The zero-order chi connectivity index (χ0) is 13.8. The highest BCUT2D eigenvalue weighted by atomic mass is 16.5. The summed E-state index contributed by atoms with van der Waals surface area (Å²) in [7, 11) is 1.26. The third-order valence-corrected chi connectivity index (χ3v) is 2.67. The maximum absolute atomic E-state index is 11.5. The summed E-state index contributed by atoms with van der Waals surface area (Å²) in [6, 6.07) is 3.77. The van der Waals surface area contributed by atoms with Crippen molar-refractivity contribution in [1.29, 1.82) is 0 Å². The van der Waals surface area contributed by atoms with Gasteiger partial charge in [-0.3, -0.25) is 9.59 Å². The van der Waals surface area contributed by atoms with Crippen molar-refractivity contribution in [3.63, 3.8) is 0 Å². The van der Waals surface area contributed by atoms with Crippen LogP contribution >= 0.6 is 0 Å². The van der Waals surface area contributed by atoms with Crippen LogP contribution in [0.4, 0.5) is 0 Å². The Labute approximate surface area is 106 Å². The van der Waals surface area contributed by atoms with Crippen LogP contribution in [-0.2, 0) is 19.7 Å². The van der Waals surface area contributed by atoms with Gasteiger partial charge in [-0.2, -0.15) is 0 Å². The summed E-state index contributed by atoms with van der Waals surface area (Å²) in [6.07, 6.45) is -0.260. The average Bonchev–Trinajstić information content (AvgIpc) is 2.74. The first-order valence-electron chi connectivity index (χ1n) is 5.75. The monoisotopic (exact) mass is 253 g/mol. The van der Waals surface area contributed by atoms with Gasteiger partial charge in [-0.05, 0) is 19.1 Å². The summed E-state index contributed by atoms with van der Waals surface area (Å²) < 4.78 is 9.96. The number of hydrogen-bond donors (Lipinski definition) is 1. The average molecular weight is 253 g/mol. The number of carbonyl (C=O) groups is 2. The van der Waals surface area contributed by atoms with Gasteiger partial charge < -0.3 is 14.5 Å². The Balaban J connectivity index is 2.52. The predicted octanol–water partition coefficient (Wildman–Crippen LogP) is 1.54. The van der Waals surface area contributed by atoms with Crippen molar-refractivity contribution in [2.45, 2.75) is 32.6 Å². The minimum Gasteiger partial charge on any atom is -0.469 e. The van der Waals surface area contributed by atoms with E-state index in [2.05, 4.69) is 10.1 Å². The SMILES string of the molecule is COC(=O)CC(=O)NCC(C)(C)c1ccc(C)o1. The van der Waals surface area contributed by atoms with Crippen LogP contribution in [0.15, 0.2) is 16.5 Å². The van der Waals surface area contributed by atoms with Crippen LogP contribution in [0.5, 0.6) is 0 Å². The second-order valence-electron chi connectivity index (χ2n) is 4.82. The van der Waals surface area contributed by atoms with Gasteiger partial charge in [-0.25, -0.2) is 0 Å². The summed E-state index contributed by atoms with van der Waals surface area (Å²) in [5.74, 6) is 0.745. The zero-order valence-electron chi connectivity index (χ0n) is 11.2. The van der Waals surface area contributed by atoms with E-state index in [9.17, 15) is 9.59 Å². The van der Waals surface area contributed by atoms with Crippen LogP contribution < -0.4 is 5.32 Å². The molecule has 0 aliphatic carbocycles. The molecule has 0 aliphatic rings. The van der Waals surface area contributed by atoms with E-state index in [0.717, 1.165) is 11.5 Å². The quantitative estimate of drug-likeness (QED) is 0.638. The largest absolute Gasteiger partial charge is 0.469 e. The predicted molar refractivity (Wildman–Crippen MR) is 66.1 cm³/mol. The van der Waals surface area contributed by atoms with Gasteiger partial charge in [0.2, 0.25) is 5.91 Å². The molecule has 0 unspecified atom stereocenters. The number of aryl methyl sites for hydroxylation is 1. The first kappa shape index (κ1) is 14.3. The molecule has 0 saturated carbocycles. The fourth-order valence-corrected chi connectivity index (χ4v) is 1.47. The zero-order valence-corrected chi connectivity index (χ0v) is 11.2. The molecule has 5 heteroatoms. The van der Waals surface area contributed by atoms with E-state index in [1.54, 1.807) is 0 Å². The van der Waals surface area contributed by atoms with Gasteiger partial charge in [0.1, 0.15) is 17.9 Å². The van der Waals surface area contributed by atoms with Gasteiger partial charge in [-0.1, -0.05) is 13.8 Å². The van der Waals surface area contributed by atoms with Crippen LogP contribution in [-0.4, -0.2) is 25.5 Å². The highest BCUT2D eigenvalue weighted by Crippen LogP contribution is 2.24. The Morgan fingerprint density at radius 1 is 1.39 bits per heavy atom. The van der Waals surface area contributed by atoms with Crippen LogP contribution in [0.2, 0.25) is 0 Å². The molecule has 1 aromatic heterocycles. The molecule has 1 heterocycles. The molecule has 0 spiro atoms. The van der Waals surface area contributed by atoms with Crippen molar-refractivity contribution < 1.29 is 18.7 Å². The molecule has 5 nitrogen and oxygen atoms in total. The third-order valence-electron chi connectivity index (χ3n) is 2.67. The van der Waals surface area contributed by atoms with Crippen LogP contribution in [0.1, 0.15) is 31.8 Å². The van der Waals surface area contributed by atoms with E-state index in [0.29, 0.717) is 6.54 Å². The normalized spacial score (nSPS) is 11.1. The van der Waals surface area contributed by atoms with Crippen molar-refractivity contribution in [1.82, 2.24) is 5.32 Å². The Hall–Kier alpha value is -1.78. The van der Waals surface area contributed by atoms with E-state index in [4.69, 9.17) is 4.42 Å². The Bertz CT molecular complexity index is 434. The number of amides is 1. The number of furan rings is 1. The van der Waals surface area contributed by atoms with E-state index in [1.807, 2.05) is 32.9 Å². The molecule has 1 amide bonds. The number of nitrogens with one attached hydrogen (secondary N) is 1. The number of esters is 1. The smallest absolute Gasteiger partial charge is 0.315 e. The highest BCUT2D eigenvalue weighted by molar-refractivity contribution is 5.94. The standard InChI is InChI=1S/C13H19NO4/c1-9-5-6-10(18-9)13(2,3)8-14-11(15)7-12(16)17-4/h5-6H,7-8H2,1-4H3,(H,14,15). The molecule has 1 aromatic rings. The molecule has 18 heavy (non-hydrogen) atoms. The Morgan fingerprint density at radius 3 is 2.56 bits per heavy atom. The van der Waals surface area contributed by atoms with Gasteiger partial charge in [0.15, 0.2) is 0 Å². The molecule has 0 saturated heterocycles. The molecular formula is C13H19NO4. The fourth-order valence-electron chi connectivity index (χ4n) is 1.47. The van der Waals surface area contributed by atoms with E-state index in [-0.39, 0.29) is 17.7 Å². The van der Waals surface area contributed by atoms with Crippen molar-refractivity contribution in [3.8, 4) is 0 Å². The van der Waals surface area contributed by atoms with Crippen molar-refractivity contribution >= 4 is 11.9 Å². The summed E-state index contributed by atoms with van der Waals surface area (Å²) in [5, 5.41) is 2.70. The summed E-state index contributed by atoms with van der Waals surface area (Å²) in [4.78, 5) is 22.4. The second-order valence-corrected chi connectivity index (χ2v) is 4.82. The molecule has 1 N–H and O–H groups in total. The molecule has 0 aliphatic heterocycles. The number of hydrogen-bond acceptors (Lipinski definition) is 4. The second kappa shape index (κ2) is 5.71. The highest BCUT2D eigenvalue weighted by Gasteiger charge is 2.25. The maximum Gasteiger partial charge on any atom is 0.315 e. The maximum atomic E-state index is 11.5. The third kappa shape index (κ3) is 3.91. The lowest BCUT2D eigenvalue weighted by Crippen LogP contribution is -2.37. The van der Waals surface area contributed by atoms with Gasteiger partial charge in [0.05, 0.1) is 7.11 Å². The van der Waals surface area contributed by atoms with Crippen LogP contribution in [0, 0.1) is 6.92 Å². The lowest BCUT2D eigenvalue weighted by molar-refractivity contribution is -0.143. The van der Waals surface area contributed by atoms with Gasteiger partial charge in [0, 0.05) is 12.0 Å². The summed E-state index contributed by atoms with van der Waals surface area (Å²) in [5.41, 5.74) is -0.319. The first-order valence-corrected chi connectivity index (χ1v) is 5.75. The molecule has 0 aromatic carbocycles. The molecule has 0 fully saturated rings. The van der Waals surface area contributed by atoms with Gasteiger partial charge >= 0.3 is 5.97 Å². The molecule has 0 radical (unpaired) electrons. The fraction of sp³-hybridized carbons (Fsp3) is 0.538. The lowest BCUT2D eigenvalue weighted by Gasteiger charge is -2.22. The van der Waals surface area contributed by atoms with E-state index < -0.39 is 5.97 Å². The minimum atomic E-state index is -0.542. The number of ether oxygens (including phenoxy) is 1. The summed E-state index contributed by atoms with van der Waals surface area (Å²) >= 11 is 0. The van der Waals surface area contributed by atoms with Crippen molar-refractivity contribution in [3.05, 3.63) is 23.7 Å². The lowest BCUT2D eigenvalue weighted by atomic mass is 9.90. The first-order chi connectivity index (χ1) is 8.35. The Morgan fingerprint density at radius 2 is 2.06 bits per heavy atom. The molecule has 0 bridgehead atoms. The Kier molecular flexibility index (Phi) is 4.53. The van der Waals surface area contributed by atoms with E-state index >= 15 is 0 Å². The molecule has 1 rings (SSSR count). The van der Waals surface area contributed by atoms with Crippen molar-refractivity contribution in [2.24, 2.45) is 0 Å². The molecule has 100 valence electrons. The van der Waals surface area contributed by atoms with Crippen molar-refractivity contribution in [2.75, 3.05) is 13.7 Å². The number of carbonyl (C=O) groups excluding carboxylic acids is 2. The van der Waals surface area contributed by atoms with E-state index in [1.165, 1.54) is 7.11 Å². The topological polar surface area (TPSA) is 68.5 Å². The number of methoxy groups -OCH3 is 1. The molecule has 0 atom stereocenters. The van der Waals surface area contributed by atoms with Gasteiger partial charge in [0.25, 0.3) is 0 Å². The van der Waals surface area contributed by atoms with Crippen LogP contribution in [0.3, 0.4) is 0 Å². The molecular weight excluding hydrogens is 234 g/mol.